The normalized spacial score (nSPS) is 11.4. The average molecular weight is 625 g/mol. The van der Waals surface area contributed by atoms with E-state index in [-0.39, 0.29) is 17.9 Å². The maximum Gasteiger partial charge on any atom is 0.330 e. The minimum atomic E-state index is -0.356. The smallest absolute Gasteiger partial charge is 0.330 e. The van der Waals surface area contributed by atoms with Gasteiger partial charge in [-0.15, -0.1) is 0 Å². The zero-order valence-electron chi connectivity index (χ0n) is 25.9. The fraction of sp³-hybridized carbons (Fsp3) is 0.282. The predicted octanol–water partition coefficient (Wildman–Crippen LogP) is 9.44. The molecule has 1 unspecified atom stereocenters. The van der Waals surface area contributed by atoms with Crippen LogP contribution in [0.2, 0.25) is 5.02 Å². The van der Waals surface area contributed by atoms with Crippen LogP contribution in [0.5, 0.6) is 11.5 Å². The molecule has 0 aliphatic carbocycles. The number of carbonyl (C=O) groups excluding carboxylic acids is 2. The van der Waals surface area contributed by atoms with Gasteiger partial charge in [-0.1, -0.05) is 98.6 Å². The lowest BCUT2D eigenvalue weighted by molar-refractivity contribution is -0.138. The average Bonchev–Trinajstić information content (AvgIpc) is 3.07. The van der Waals surface area contributed by atoms with Crippen LogP contribution < -0.4 is 9.47 Å². The van der Waals surface area contributed by atoms with Crippen molar-refractivity contribution < 1.29 is 23.8 Å². The standard InChI is InChI=1S/C39H41ClO5/c1-3-38(41)43-25-8-6-5-7-10-29-13-17-32(18-14-29)37(27-31-11-9-12-34(40)26-31)33-19-15-30(16-20-33)28-44-35-21-23-36(24-22-35)45-39(42)4-2/h3,9,11-24,26,37H,1,4-8,10,25,27-28H2,2H3. The molecule has 45 heavy (non-hydrogen) atoms. The van der Waals surface area contributed by atoms with Crippen LogP contribution in [0, 0.1) is 0 Å². The van der Waals surface area contributed by atoms with Gasteiger partial charge in [-0.3, -0.25) is 4.79 Å². The molecule has 4 aromatic rings. The fourth-order valence-corrected chi connectivity index (χ4v) is 5.29. The summed E-state index contributed by atoms with van der Waals surface area (Å²) in [5.74, 6) is 0.776. The topological polar surface area (TPSA) is 61.8 Å². The second kappa shape index (κ2) is 17.8. The van der Waals surface area contributed by atoms with E-state index in [2.05, 4.69) is 61.2 Å². The Morgan fingerprint density at radius 1 is 0.778 bits per heavy atom. The molecule has 0 fully saturated rings. The summed E-state index contributed by atoms with van der Waals surface area (Å²) >= 11 is 6.33. The van der Waals surface area contributed by atoms with Crippen molar-refractivity contribution in [3.8, 4) is 11.5 Å². The van der Waals surface area contributed by atoms with Crippen LogP contribution >= 0.6 is 11.6 Å². The molecule has 0 amide bonds. The van der Waals surface area contributed by atoms with Crippen LogP contribution in [0.1, 0.15) is 72.8 Å². The summed E-state index contributed by atoms with van der Waals surface area (Å²) < 4.78 is 16.3. The Kier molecular flexibility index (Phi) is 13.3. The minimum Gasteiger partial charge on any atom is -0.489 e. The second-order valence-electron chi connectivity index (χ2n) is 11.0. The van der Waals surface area contributed by atoms with Crippen LogP contribution in [0.25, 0.3) is 0 Å². The summed E-state index contributed by atoms with van der Waals surface area (Å²) in [5, 5.41) is 0.740. The van der Waals surface area contributed by atoms with Crippen molar-refractivity contribution in [1.82, 2.24) is 0 Å². The highest BCUT2D eigenvalue weighted by Crippen LogP contribution is 2.30. The van der Waals surface area contributed by atoms with Crippen LogP contribution in [0.3, 0.4) is 0 Å². The number of rotatable bonds is 17. The van der Waals surface area contributed by atoms with Crippen molar-refractivity contribution in [3.63, 3.8) is 0 Å². The highest BCUT2D eigenvalue weighted by atomic mass is 35.5. The molecule has 0 radical (unpaired) electrons. The maximum absolute atomic E-state index is 11.5. The number of ether oxygens (including phenoxy) is 3. The van der Waals surface area contributed by atoms with E-state index in [1.807, 2.05) is 18.2 Å². The Labute approximate surface area is 271 Å². The summed E-state index contributed by atoms with van der Waals surface area (Å²) in [6.45, 7) is 6.07. The van der Waals surface area contributed by atoms with Crippen molar-refractivity contribution >= 4 is 23.5 Å². The molecule has 5 nitrogen and oxygen atoms in total. The molecule has 6 heteroatoms. The van der Waals surface area contributed by atoms with Gasteiger partial charge in [0.05, 0.1) is 6.61 Å². The second-order valence-corrected chi connectivity index (χ2v) is 11.4. The molecule has 4 rings (SSSR count). The largest absolute Gasteiger partial charge is 0.489 e. The number of esters is 2. The third-order valence-corrected chi connectivity index (χ3v) is 7.85. The van der Waals surface area contributed by atoms with Gasteiger partial charge in [0.1, 0.15) is 18.1 Å². The van der Waals surface area contributed by atoms with Gasteiger partial charge in [-0.25, -0.2) is 4.79 Å². The van der Waals surface area contributed by atoms with E-state index in [0.717, 1.165) is 49.1 Å². The van der Waals surface area contributed by atoms with Gasteiger partial charge in [0.25, 0.3) is 0 Å². The lowest BCUT2D eigenvalue weighted by atomic mass is 9.85. The van der Waals surface area contributed by atoms with E-state index < -0.39 is 0 Å². The first kappa shape index (κ1) is 33.5. The van der Waals surface area contributed by atoms with E-state index >= 15 is 0 Å². The third-order valence-electron chi connectivity index (χ3n) is 7.61. The monoisotopic (exact) mass is 624 g/mol. The molecule has 4 aromatic carbocycles. The Hall–Kier alpha value is -4.35. The van der Waals surface area contributed by atoms with E-state index in [1.54, 1.807) is 31.2 Å². The number of aryl methyl sites for hydroxylation is 1. The van der Waals surface area contributed by atoms with Gasteiger partial charge in [-0.2, -0.15) is 0 Å². The van der Waals surface area contributed by atoms with Crippen molar-refractivity contribution in [2.24, 2.45) is 0 Å². The molecule has 234 valence electrons. The van der Waals surface area contributed by atoms with Crippen molar-refractivity contribution in [1.29, 1.82) is 0 Å². The quantitative estimate of drug-likeness (QED) is 0.0507. The molecule has 0 heterocycles. The summed E-state index contributed by atoms with van der Waals surface area (Å²) in [6.07, 6.45) is 7.50. The number of benzene rings is 4. The van der Waals surface area contributed by atoms with Crippen LogP contribution in [0.15, 0.2) is 110 Å². The Morgan fingerprint density at radius 3 is 2.07 bits per heavy atom. The number of carbonyl (C=O) groups is 2. The molecule has 0 saturated heterocycles. The zero-order chi connectivity index (χ0) is 31.9. The van der Waals surface area contributed by atoms with Gasteiger partial charge in [0.2, 0.25) is 0 Å². The van der Waals surface area contributed by atoms with Gasteiger partial charge in [0.15, 0.2) is 0 Å². The van der Waals surface area contributed by atoms with Gasteiger partial charge >= 0.3 is 11.9 Å². The lowest BCUT2D eigenvalue weighted by Crippen LogP contribution is -2.06. The van der Waals surface area contributed by atoms with Crippen molar-refractivity contribution in [2.45, 2.75) is 64.4 Å². The molecular weight excluding hydrogens is 584 g/mol. The minimum absolute atomic E-state index is 0.170. The van der Waals surface area contributed by atoms with Gasteiger partial charge in [-0.05, 0) is 89.9 Å². The SMILES string of the molecule is C=CC(=O)OCCCCCCc1ccc(C(Cc2cccc(Cl)c2)c2ccc(COc3ccc(OC(=O)CC)cc3)cc2)cc1. The molecule has 0 aliphatic heterocycles. The molecule has 0 aliphatic rings. The molecule has 0 saturated carbocycles. The first-order chi connectivity index (χ1) is 21.9. The summed E-state index contributed by atoms with van der Waals surface area (Å²) in [4.78, 5) is 22.6. The predicted molar refractivity (Wildman–Crippen MR) is 180 cm³/mol. The highest BCUT2D eigenvalue weighted by molar-refractivity contribution is 6.30. The molecule has 0 bridgehead atoms. The lowest BCUT2D eigenvalue weighted by Gasteiger charge is -2.20. The summed E-state index contributed by atoms with van der Waals surface area (Å²) in [5.41, 5.74) is 6.07. The van der Waals surface area contributed by atoms with E-state index in [0.29, 0.717) is 31.1 Å². The van der Waals surface area contributed by atoms with Crippen molar-refractivity contribution in [2.75, 3.05) is 6.61 Å². The highest BCUT2D eigenvalue weighted by Gasteiger charge is 2.16. The van der Waals surface area contributed by atoms with Crippen molar-refractivity contribution in [3.05, 3.63) is 143 Å². The van der Waals surface area contributed by atoms with Crippen LogP contribution in [0.4, 0.5) is 0 Å². The van der Waals surface area contributed by atoms with E-state index in [9.17, 15) is 9.59 Å². The first-order valence-electron chi connectivity index (χ1n) is 15.6. The Bertz CT molecular complexity index is 1510. The van der Waals surface area contributed by atoms with Crippen LogP contribution in [-0.2, 0) is 33.8 Å². The van der Waals surface area contributed by atoms with Gasteiger partial charge < -0.3 is 14.2 Å². The van der Waals surface area contributed by atoms with E-state index in [1.165, 1.54) is 28.3 Å². The van der Waals surface area contributed by atoms with Gasteiger partial charge in [0, 0.05) is 23.4 Å². The first-order valence-corrected chi connectivity index (χ1v) is 16.0. The summed E-state index contributed by atoms with van der Waals surface area (Å²) in [6, 6.07) is 32.7. The molecule has 0 aromatic heterocycles. The Morgan fingerprint density at radius 2 is 1.42 bits per heavy atom. The fourth-order valence-electron chi connectivity index (χ4n) is 5.08. The molecule has 1 atom stereocenters. The number of halogens is 1. The third kappa shape index (κ3) is 11.3. The number of unbranched alkanes of at least 4 members (excludes halogenated alkanes) is 3. The summed E-state index contributed by atoms with van der Waals surface area (Å²) in [7, 11) is 0. The molecule has 0 N–H and O–H groups in total. The van der Waals surface area contributed by atoms with E-state index in [4.69, 9.17) is 25.8 Å². The zero-order valence-corrected chi connectivity index (χ0v) is 26.6. The maximum atomic E-state index is 11.5. The number of hydrogen-bond donors (Lipinski definition) is 0. The van der Waals surface area contributed by atoms with Crippen LogP contribution in [-0.4, -0.2) is 18.5 Å². The Balaban J connectivity index is 1.36. The molecular formula is C39H41ClO5. The molecule has 0 spiro atoms. The number of hydrogen-bond acceptors (Lipinski definition) is 5.